The van der Waals surface area contributed by atoms with Crippen LogP contribution in [-0.2, 0) is 14.8 Å². The molecule has 3 rings (SSSR count). The molecular formula is C20H22ClFN2O4S. The van der Waals surface area contributed by atoms with Crippen LogP contribution in [0, 0.1) is 5.82 Å². The van der Waals surface area contributed by atoms with E-state index in [4.69, 9.17) is 16.3 Å². The molecule has 156 valence electrons. The highest BCUT2D eigenvalue weighted by Gasteiger charge is 2.34. The molecule has 0 unspecified atom stereocenters. The fraction of sp³-hybridized carbons (Fsp3) is 0.350. The summed E-state index contributed by atoms with van der Waals surface area (Å²) >= 11 is 6.08. The minimum Gasteiger partial charge on any atom is -0.495 e. The number of nitrogens with one attached hydrogen (secondary N) is 1. The number of nitrogens with zero attached hydrogens (tertiary/aromatic N) is 1. The maximum atomic E-state index is 13.2. The summed E-state index contributed by atoms with van der Waals surface area (Å²) in [5.74, 6) is -0.317. The van der Waals surface area contributed by atoms with Crippen LogP contribution in [-0.4, -0.2) is 38.3 Å². The minimum absolute atomic E-state index is 0.0179. The van der Waals surface area contributed by atoms with Crippen molar-refractivity contribution in [1.82, 2.24) is 4.31 Å². The van der Waals surface area contributed by atoms with Gasteiger partial charge in [0.2, 0.25) is 15.9 Å². The molecule has 6 nitrogen and oxygen atoms in total. The molecule has 1 N–H and O–H groups in total. The molecule has 1 saturated heterocycles. The van der Waals surface area contributed by atoms with Crippen LogP contribution in [0.3, 0.4) is 0 Å². The third-order valence-electron chi connectivity index (χ3n) is 4.85. The topological polar surface area (TPSA) is 75.7 Å². The van der Waals surface area contributed by atoms with E-state index in [0.29, 0.717) is 35.8 Å². The second-order valence-corrected chi connectivity index (χ2v) is 9.12. The van der Waals surface area contributed by atoms with Gasteiger partial charge in [0.05, 0.1) is 17.0 Å². The van der Waals surface area contributed by atoms with Crippen molar-refractivity contribution in [3.8, 4) is 5.75 Å². The number of ether oxygens (including phenoxy) is 1. The normalized spacial score (nSPS) is 17.7. The zero-order chi connectivity index (χ0) is 21.0. The van der Waals surface area contributed by atoms with Crippen LogP contribution in [0.25, 0.3) is 0 Å². The Bertz CT molecular complexity index is 982. The lowest BCUT2D eigenvalue weighted by molar-refractivity contribution is -0.117. The number of halogens is 2. The number of anilines is 1. The summed E-state index contributed by atoms with van der Waals surface area (Å²) < 4.78 is 45.6. The number of carbonyl (C=O) groups is 1. The predicted octanol–water partition coefficient (Wildman–Crippen LogP) is 4.06. The quantitative estimate of drug-likeness (QED) is 0.735. The molecule has 0 radical (unpaired) electrons. The highest BCUT2D eigenvalue weighted by Crippen LogP contribution is 2.29. The Morgan fingerprint density at radius 1 is 1.24 bits per heavy atom. The molecule has 1 atom stereocenters. The number of amides is 1. The number of methoxy groups -OCH3 is 1. The molecule has 1 heterocycles. The van der Waals surface area contributed by atoms with E-state index in [9.17, 15) is 17.6 Å². The van der Waals surface area contributed by atoms with Crippen molar-refractivity contribution in [1.29, 1.82) is 0 Å². The van der Waals surface area contributed by atoms with Gasteiger partial charge in [-0.1, -0.05) is 18.0 Å². The third kappa shape index (κ3) is 5.07. The zero-order valence-corrected chi connectivity index (χ0v) is 17.5. The van der Waals surface area contributed by atoms with E-state index in [-0.39, 0.29) is 17.2 Å². The van der Waals surface area contributed by atoms with Gasteiger partial charge in [-0.15, -0.1) is 0 Å². The monoisotopic (exact) mass is 440 g/mol. The van der Waals surface area contributed by atoms with Crippen LogP contribution in [0.4, 0.5) is 10.1 Å². The number of sulfonamides is 1. The molecule has 0 aliphatic carbocycles. The summed E-state index contributed by atoms with van der Waals surface area (Å²) in [4.78, 5) is 12.6. The number of carbonyl (C=O) groups excluding carboxylic acids is 1. The summed E-state index contributed by atoms with van der Waals surface area (Å²) in [6, 6.07) is 9.14. The molecule has 9 heteroatoms. The average molecular weight is 441 g/mol. The number of benzene rings is 2. The summed E-state index contributed by atoms with van der Waals surface area (Å²) in [5.41, 5.74) is 0.504. The van der Waals surface area contributed by atoms with Gasteiger partial charge < -0.3 is 10.1 Å². The maximum Gasteiger partial charge on any atom is 0.243 e. The van der Waals surface area contributed by atoms with Crippen molar-refractivity contribution in [2.75, 3.05) is 19.0 Å². The Kier molecular flexibility index (Phi) is 6.77. The molecule has 0 aromatic heterocycles. The third-order valence-corrected chi connectivity index (χ3v) is 7.11. The lowest BCUT2D eigenvalue weighted by Gasteiger charge is -2.34. The summed E-state index contributed by atoms with van der Waals surface area (Å²) in [6.45, 7) is 0.325. The number of hydrogen-bond donors (Lipinski definition) is 1. The van der Waals surface area contributed by atoms with Crippen LogP contribution in [0.1, 0.15) is 25.7 Å². The van der Waals surface area contributed by atoms with Crippen LogP contribution in [0.5, 0.6) is 5.75 Å². The first-order chi connectivity index (χ1) is 13.8. The smallest absolute Gasteiger partial charge is 0.243 e. The fourth-order valence-corrected chi connectivity index (χ4v) is 5.36. The van der Waals surface area contributed by atoms with Crippen molar-refractivity contribution in [3.05, 3.63) is 53.3 Å². The molecule has 1 aliphatic rings. The van der Waals surface area contributed by atoms with Gasteiger partial charge >= 0.3 is 0 Å². The van der Waals surface area contributed by atoms with Crippen LogP contribution < -0.4 is 10.1 Å². The molecule has 0 saturated carbocycles. The number of piperidine rings is 1. The first-order valence-electron chi connectivity index (χ1n) is 9.22. The number of rotatable bonds is 6. The van der Waals surface area contributed by atoms with Crippen LogP contribution in [0.15, 0.2) is 47.4 Å². The summed E-state index contributed by atoms with van der Waals surface area (Å²) in [7, 11) is -2.31. The van der Waals surface area contributed by atoms with Crippen molar-refractivity contribution >= 4 is 33.2 Å². The van der Waals surface area contributed by atoms with E-state index >= 15 is 0 Å². The molecule has 2 aromatic carbocycles. The molecule has 1 fully saturated rings. The lowest BCUT2D eigenvalue weighted by Crippen LogP contribution is -2.45. The van der Waals surface area contributed by atoms with Crippen LogP contribution >= 0.6 is 11.6 Å². The second kappa shape index (κ2) is 9.11. The van der Waals surface area contributed by atoms with Gasteiger partial charge in [0.15, 0.2) is 0 Å². The van der Waals surface area contributed by atoms with E-state index in [1.165, 1.54) is 23.5 Å². The molecular weight excluding hydrogens is 419 g/mol. The standard InChI is InChI=1S/C20H22ClFN2O4S/c1-28-19-10-7-15(12-18(19)21)23-20(25)13-16-4-2-3-11-24(16)29(26,27)17-8-5-14(22)6-9-17/h5-10,12,16H,2-4,11,13H2,1H3,(H,23,25)/t16-/m1/s1. The Morgan fingerprint density at radius 3 is 2.62 bits per heavy atom. The van der Waals surface area contributed by atoms with E-state index in [1.807, 2.05) is 0 Å². The molecule has 29 heavy (non-hydrogen) atoms. The van der Waals surface area contributed by atoms with E-state index in [1.54, 1.807) is 18.2 Å². The molecule has 1 amide bonds. The predicted molar refractivity (Wildman–Crippen MR) is 109 cm³/mol. The lowest BCUT2D eigenvalue weighted by atomic mass is 10.0. The summed E-state index contributed by atoms with van der Waals surface area (Å²) in [5, 5.41) is 3.11. The highest BCUT2D eigenvalue weighted by molar-refractivity contribution is 7.89. The molecule has 1 aliphatic heterocycles. The Labute approximate surface area is 174 Å². The van der Waals surface area contributed by atoms with Crippen molar-refractivity contribution < 1.29 is 22.3 Å². The largest absolute Gasteiger partial charge is 0.495 e. The second-order valence-electron chi connectivity index (χ2n) is 6.82. The van der Waals surface area contributed by atoms with Gasteiger partial charge in [-0.25, -0.2) is 12.8 Å². The van der Waals surface area contributed by atoms with Crippen LogP contribution in [0.2, 0.25) is 5.02 Å². The average Bonchev–Trinajstić information content (AvgIpc) is 2.68. The molecule has 0 bridgehead atoms. The van der Waals surface area contributed by atoms with Gasteiger partial charge in [0, 0.05) is 24.7 Å². The first-order valence-corrected chi connectivity index (χ1v) is 11.0. The highest BCUT2D eigenvalue weighted by atomic mass is 35.5. The minimum atomic E-state index is -3.81. The maximum absolute atomic E-state index is 13.2. The molecule has 2 aromatic rings. The van der Waals surface area contributed by atoms with E-state index in [2.05, 4.69) is 5.32 Å². The zero-order valence-electron chi connectivity index (χ0n) is 15.9. The van der Waals surface area contributed by atoms with Crippen molar-refractivity contribution in [2.24, 2.45) is 0 Å². The van der Waals surface area contributed by atoms with Gasteiger partial charge in [-0.3, -0.25) is 4.79 Å². The van der Waals surface area contributed by atoms with E-state index < -0.39 is 21.9 Å². The fourth-order valence-electron chi connectivity index (χ4n) is 3.41. The van der Waals surface area contributed by atoms with Gasteiger partial charge in [-0.05, 0) is 55.3 Å². The van der Waals surface area contributed by atoms with E-state index in [0.717, 1.165) is 18.6 Å². The van der Waals surface area contributed by atoms with Gasteiger partial charge in [0.1, 0.15) is 11.6 Å². The first kappa shape index (κ1) is 21.5. The summed E-state index contributed by atoms with van der Waals surface area (Å²) in [6.07, 6.45) is 2.15. The van der Waals surface area contributed by atoms with Crippen molar-refractivity contribution in [2.45, 2.75) is 36.6 Å². The molecule has 0 spiro atoms. The Hall–Kier alpha value is -2.16. The van der Waals surface area contributed by atoms with Crippen molar-refractivity contribution in [3.63, 3.8) is 0 Å². The Balaban J connectivity index is 1.73. The SMILES string of the molecule is COc1ccc(NC(=O)C[C@H]2CCCCN2S(=O)(=O)c2ccc(F)cc2)cc1Cl. The Morgan fingerprint density at radius 2 is 1.97 bits per heavy atom. The van der Waals surface area contributed by atoms with Gasteiger partial charge in [0.25, 0.3) is 0 Å². The number of hydrogen-bond acceptors (Lipinski definition) is 4. The van der Waals surface area contributed by atoms with Gasteiger partial charge in [-0.2, -0.15) is 4.31 Å².